The van der Waals surface area contributed by atoms with Crippen LogP contribution in [0.25, 0.3) is 0 Å². The topological polar surface area (TPSA) is 49.7 Å². The number of hydrogen-bond donors (Lipinski definition) is 2. The van der Waals surface area contributed by atoms with E-state index in [1.54, 1.807) is 6.08 Å². The molecule has 0 aliphatic carbocycles. The Hall–Kier alpha value is -0.315. The molecule has 1 aliphatic heterocycles. The second-order valence-corrected chi connectivity index (χ2v) is 3.66. The van der Waals surface area contributed by atoms with Crippen LogP contribution >= 0.6 is 0 Å². The van der Waals surface area contributed by atoms with Crippen LogP contribution in [0.4, 0.5) is 0 Å². The molecule has 3 nitrogen and oxygen atoms in total. The van der Waals surface area contributed by atoms with Gasteiger partial charge in [0, 0.05) is 11.9 Å². The van der Waals surface area contributed by atoms with E-state index in [1.165, 1.54) is 0 Å². The Morgan fingerprint density at radius 1 is 1.69 bits per heavy atom. The SMILES string of the molecule is B[C@@H]1O[C@](CC)(CO)[C@H](O)[C@H]1C=C. The zero-order valence-corrected chi connectivity index (χ0v) is 8.23. The molecule has 0 aromatic rings. The summed E-state index contributed by atoms with van der Waals surface area (Å²) in [6, 6.07) is -0.0698. The van der Waals surface area contributed by atoms with E-state index in [2.05, 4.69) is 6.58 Å². The largest absolute Gasteiger partial charge is 0.393 e. The summed E-state index contributed by atoms with van der Waals surface area (Å²) >= 11 is 0. The molecule has 0 unspecified atom stereocenters. The fraction of sp³-hybridized carbons (Fsp3) is 0.778. The highest BCUT2D eigenvalue weighted by Crippen LogP contribution is 2.36. The molecular formula is C9H17BO3. The molecule has 0 spiro atoms. The number of aliphatic hydroxyl groups is 2. The van der Waals surface area contributed by atoms with Crippen molar-refractivity contribution < 1.29 is 14.9 Å². The van der Waals surface area contributed by atoms with Crippen molar-refractivity contribution >= 4 is 7.85 Å². The van der Waals surface area contributed by atoms with E-state index in [1.807, 2.05) is 14.8 Å². The van der Waals surface area contributed by atoms with Crippen LogP contribution in [0.15, 0.2) is 12.7 Å². The first kappa shape index (κ1) is 10.8. The number of hydrogen-bond acceptors (Lipinski definition) is 3. The molecule has 1 fully saturated rings. The number of aliphatic hydroxyl groups excluding tert-OH is 2. The van der Waals surface area contributed by atoms with E-state index in [0.717, 1.165) is 0 Å². The molecule has 0 radical (unpaired) electrons. The third-order valence-corrected chi connectivity index (χ3v) is 3.00. The lowest BCUT2D eigenvalue weighted by atomic mass is 9.81. The molecule has 4 heteroatoms. The average Bonchev–Trinajstić information content (AvgIpc) is 2.38. The van der Waals surface area contributed by atoms with Crippen LogP contribution in [-0.4, -0.2) is 42.4 Å². The maximum atomic E-state index is 9.91. The minimum atomic E-state index is -0.779. The van der Waals surface area contributed by atoms with E-state index in [-0.39, 0.29) is 18.5 Å². The fourth-order valence-electron chi connectivity index (χ4n) is 1.98. The van der Waals surface area contributed by atoms with Gasteiger partial charge in [0.05, 0.1) is 12.7 Å². The van der Waals surface area contributed by atoms with Gasteiger partial charge < -0.3 is 14.9 Å². The van der Waals surface area contributed by atoms with Gasteiger partial charge in [-0.3, -0.25) is 0 Å². The van der Waals surface area contributed by atoms with Gasteiger partial charge in [-0.15, -0.1) is 6.58 Å². The first-order valence-electron chi connectivity index (χ1n) is 4.70. The Bertz CT molecular complexity index is 191. The van der Waals surface area contributed by atoms with E-state index < -0.39 is 11.7 Å². The van der Waals surface area contributed by atoms with Crippen LogP contribution in [0, 0.1) is 5.92 Å². The summed E-state index contributed by atoms with van der Waals surface area (Å²) in [5, 5.41) is 19.1. The summed E-state index contributed by atoms with van der Waals surface area (Å²) in [7, 11) is 1.89. The molecule has 0 amide bonds. The molecule has 1 rings (SSSR count). The van der Waals surface area contributed by atoms with Gasteiger partial charge in [0.2, 0.25) is 0 Å². The Morgan fingerprint density at radius 3 is 2.54 bits per heavy atom. The molecule has 0 aromatic heterocycles. The van der Waals surface area contributed by atoms with Crippen molar-refractivity contribution in [3.05, 3.63) is 12.7 Å². The van der Waals surface area contributed by atoms with Crippen molar-refractivity contribution in [1.29, 1.82) is 0 Å². The lowest BCUT2D eigenvalue weighted by Crippen LogP contribution is -2.44. The zero-order chi connectivity index (χ0) is 10.1. The summed E-state index contributed by atoms with van der Waals surface area (Å²) in [5.74, 6) is -0.0768. The molecule has 4 atom stereocenters. The fourth-order valence-corrected chi connectivity index (χ4v) is 1.98. The molecule has 0 saturated carbocycles. The smallest absolute Gasteiger partial charge is 0.140 e. The van der Waals surface area contributed by atoms with Gasteiger partial charge >= 0.3 is 0 Å². The summed E-state index contributed by atoms with van der Waals surface area (Å²) in [6.45, 7) is 5.42. The summed E-state index contributed by atoms with van der Waals surface area (Å²) < 4.78 is 5.59. The quantitative estimate of drug-likeness (QED) is 0.449. The van der Waals surface area contributed by atoms with Gasteiger partial charge in [0.1, 0.15) is 13.4 Å². The van der Waals surface area contributed by atoms with E-state index in [9.17, 15) is 10.2 Å². The van der Waals surface area contributed by atoms with Gasteiger partial charge in [0.15, 0.2) is 0 Å². The Kier molecular flexibility index (Phi) is 3.16. The second kappa shape index (κ2) is 3.82. The Balaban J connectivity index is 2.86. The van der Waals surface area contributed by atoms with Crippen molar-refractivity contribution in [2.75, 3.05) is 6.61 Å². The van der Waals surface area contributed by atoms with Gasteiger partial charge in [-0.05, 0) is 6.42 Å². The third-order valence-electron chi connectivity index (χ3n) is 3.00. The highest BCUT2D eigenvalue weighted by atomic mass is 16.5. The van der Waals surface area contributed by atoms with Crippen LogP contribution in [0.3, 0.4) is 0 Å². The van der Waals surface area contributed by atoms with E-state index in [4.69, 9.17) is 4.74 Å². The van der Waals surface area contributed by atoms with E-state index >= 15 is 0 Å². The van der Waals surface area contributed by atoms with Crippen LogP contribution in [0.1, 0.15) is 13.3 Å². The van der Waals surface area contributed by atoms with Gasteiger partial charge in [-0.25, -0.2) is 0 Å². The van der Waals surface area contributed by atoms with Gasteiger partial charge in [0.25, 0.3) is 0 Å². The molecule has 1 aliphatic rings. The molecule has 1 saturated heterocycles. The van der Waals surface area contributed by atoms with Gasteiger partial charge in [-0.2, -0.15) is 0 Å². The van der Waals surface area contributed by atoms with E-state index in [0.29, 0.717) is 6.42 Å². The molecule has 74 valence electrons. The number of ether oxygens (including phenoxy) is 1. The van der Waals surface area contributed by atoms with Crippen molar-refractivity contribution in [3.8, 4) is 0 Å². The van der Waals surface area contributed by atoms with Crippen LogP contribution in [0.2, 0.25) is 0 Å². The Labute approximate surface area is 79.8 Å². The predicted octanol–water partition coefficient (Wildman–Crippen LogP) is -0.720. The first-order chi connectivity index (χ1) is 6.11. The maximum Gasteiger partial charge on any atom is 0.140 e. The van der Waals surface area contributed by atoms with Crippen LogP contribution in [0.5, 0.6) is 0 Å². The average molecular weight is 184 g/mol. The van der Waals surface area contributed by atoms with Gasteiger partial charge in [-0.1, -0.05) is 13.0 Å². The first-order valence-corrected chi connectivity index (χ1v) is 4.70. The predicted molar refractivity (Wildman–Crippen MR) is 53.2 cm³/mol. The van der Waals surface area contributed by atoms with Crippen molar-refractivity contribution in [2.45, 2.75) is 31.1 Å². The number of rotatable bonds is 3. The zero-order valence-electron chi connectivity index (χ0n) is 8.23. The van der Waals surface area contributed by atoms with Crippen LogP contribution < -0.4 is 0 Å². The monoisotopic (exact) mass is 184 g/mol. The normalized spacial score (nSPS) is 45.0. The van der Waals surface area contributed by atoms with Crippen molar-refractivity contribution in [3.63, 3.8) is 0 Å². The van der Waals surface area contributed by atoms with Crippen molar-refractivity contribution in [1.82, 2.24) is 0 Å². The molecule has 0 aromatic carbocycles. The lowest BCUT2D eigenvalue weighted by Gasteiger charge is -2.29. The minimum absolute atomic E-state index is 0.0698. The molecule has 0 bridgehead atoms. The summed E-state index contributed by atoms with van der Waals surface area (Å²) in [6.07, 6.45) is 1.66. The maximum absolute atomic E-state index is 9.91. The highest BCUT2D eigenvalue weighted by molar-refractivity contribution is 6.11. The van der Waals surface area contributed by atoms with Crippen molar-refractivity contribution in [2.24, 2.45) is 5.92 Å². The molecular weight excluding hydrogens is 167 g/mol. The lowest BCUT2D eigenvalue weighted by molar-refractivity contribution is -0.0997. The second-order valence-electron chi connectivity index (χ2n) is 3.66. The molecule has 2 N–H and O–H groups in total. The minimum Gasteiger partial charge on any atom is -0.393 e. The molecule has 1 heterocycles. The summed E-state index contributed by atoms with van der Waals surface area (Å²) in [5.41, 5.74) is -0.779. The molecule has 13 heavy (non-hydrogen) atoms. The highest BCUT2D eigenvalue weighted by Gasteiger charge is 2.49. The summed E-state index contributed by atoms with van der Waals surface area (Å²) in [4.78, 5) is 0. The Morgan fingerprint density at radius 2 is 2.31 bits per heavy atom. The standard InChI is InChI=1S/C9H17BO3/c1-3-6-7(12)9(4-2,5-11)13-8(6)10/h3,6-8,11-12H,1,4-5,10H2,2H3/t6-,7-,8-,9-/m1/s1. The van der Waals surface area contributed by atoms with Crippen LogP contribution in [-0.2, 0) is 4.74 Å². The third kappa shape index (κ3) is 1.54.